The third-order valence-corrected chi connectivity index (χ3v) is 5.32. The number of anilines is 1. The molecule has 1 fully saturated rings. The van der Waals surface area contributed by atoms with Crippen molar-refractivity contribution < 1.29 is 14.7 Å². The quantitative estimate of drug-likeness (QED) is 0.534. The first kappa shape index (κ1) is 19.6. The summed E-state index contributed by atoms with van der Waals surface area (Å²) < 4.78 is 0. The Balaban J connectivity index is 1.58. The normalized spacial score (nSPS) is 17.9. The van der Waals surface area contributed by atoms with Crippen molar-refractivity contribution in [3.05, 3.63) is 59.2 Å². The lowest BCUT2D eigenvalue weighted by atomic mass is 10.1. The Labute approximate surface area is 167 Å². The summed E-state index contributed by atoms with van der Waals surface area (Å²) >= 11 is 1.17. The molecule has 1 aliphatic rings. The molecule has 1 heterocycles. The molecule has 3 rings (SSSR count). The fourth-order valence-electron chi connectivity index (χ4n) is 2.60. The molecule has 0 spiro atoms. The van der Waals surface area contributed by atoms with Crippen LogP contribution >= 0.6 is 11.8 Å². The second-order valence-electron chi connectivity index (χ2n) is 6.34. The Hall–Kier alpha value is -3.13. The van der Waals surface area contributed by atoms with Crippen molar-refractivity contribution in [3.63, 3.8) is 0 Å². The molecule has 0 bridgehead atoms. The first-order chi connectivity index (χ1) is 13.4. The molecule has 0 radical (unpaired) electrons. The van der Waals surface area contributed by atoms with Crippen molar-refractivity contribution >= 4 is 40.6 Å². The Kier molecular flexibility index (Phi) is 6.10. The fourth-order valence-corrected chi connectivity index (χ4v) is 3.52. The summed E-state index contributed by atoms with van der Waals surface area (Å²) in [5.74, 6) is -0.367. The second-order valence-corrected chi connectivity index (χ2v) is 7.53. The number of phenols is 1. The average molecular weight is 396 g/mol. The van der Waals surface area contributed by atoms with Gasteiger partial charge in [-0.05, 0) is 48.7 Å². The summed E-state index contributed by atoms with van der Waals surface area (Å²) in [6.45, 7) is 3.92. The maximum absolute atomic E-state index is 12.3. The number of amidine groups is 1. The van der Waals surface area contributed by atoms with Crippen molar-refractivity contribution in [3.8, 4) is 5.75 Å². The standard InChI is InChI=1S/C20H20N4O3S/c1-12-5-3-8-16(13(12)2)22-18(26)10-17-19(27)23-20(28-17)24-21-11-14-6-4-7-15(25)9-14/h3-9,11,17,25H,10H2,1-2H3,(H,22,26)(H,23,24,27)/b21-11+/t17-/m0/s1. The summed E-state index contributed by atoms with van der Waals surface area (Å²) in [7, 11) is 0. The van der Waals surface area contributed by atoms with Crippen molar-refractivity contribution in [2.45, 2.75) is 25.5 Å². The molecule has 0 aromatic heterocycles. The molecule has 28 heavy (non-hydrogen) atoms. The molecule has 2 aromatic rings. The van der Waals surface area contributed by atoms with Gasteiger partial charge < -0.3 is 15.7 Å². The van der Waals surface area contributed by atoms with E-state index in [4.69, 9.17) is 0 Å². The molecule has 1 atom stereocenters. The number of benzene rings is 2. The predicted octanol–water partition coefficient (Wildman–Crippen LogP) is 2.96. The fraction of sp³-hybridized carbons (Fsp3) is 0.200. The zero-order chi connectivity index (χ0) is 20.1. The van der Waals surface area contributed by atoms with Crippen molar-refractivity contribution in [2.75, 3.05) is 5.32 Å². The van der Waals surface area contributed by atoms with Crippen LogP contribution in [0.5, 0.6) is 5.75 Å². The van der Waals surface area contributed by atoms with Crippen LogP contribution in [-0.4, -0.2) is 33.6 Å². The van der Waals surface area contributed by atoms with Crippen LogP contribution in [0.15, 0.2) is 52.7 Å². The highest BCUT2D eigenvalue weighted by Crippen LogP contribution is 2.24. The molecule has 2 aromatic carbocycles. The zero-order valence-corrected chi connectivity index (χ0v) is 16.3. The minimum atomic E-state index is -0.556. The van der Waals surface area contributed by atoms with Crippen molar-refractivity contribution in [2.24, 2.45) is 10.2 Å². The minimum Gasteiger partial charge on any atom is -0.508 e. The van der Waals surface area contributed by atoms with Crippen LogP contribution in [-0.2, 0) is 9.59 Å². The van der Waals surface area contributed by atoms with E-state index in [9.17, 15) is 14.7 Å². The number of nitrogens with one attached hydrogen (secondary N) is 2. The maximum Gasteiger partial charge on any atom is 0.240 e. The number of phenolic OH excluding ortho intramolecular Hbond substituents is 1. The highest BCUT2D eigenvalue weighted by molar-refractivity contribution is 8.15. The maximum atomic E-state index is 12.3. The number of hydrogen-bond donors (Lipinski definition) is 3. The SMILES string of the molecule is Cc1cccc(NC(=O)C[C@@H]2S/C(=N/N=C/c3cccc(O)c3)NC2=O)c1C. The summed E-state index contributed by atoms with van der Waals surface area (Å²) in [5.41, 5.74) is 3.52. The van der Waals surface area contributed by atoms with E-state index < -0.39 is 5.25 Å². The largest absolute Gasteiger partial charge is 0.508 e. The van der Waals surface area contributed by atoms with Gasteiger partial charge in [-0.3, -0.25) is 9.59 Å². The molecule has 144 valence electrons. The van der Waals surface area contributed by atoms with Gasteiger partial charge in [0, 0.05) is 12.1 Å². The molecule has 8 heteroatoms. The molecular formula is C20H20N4O3S. The van der Waals surface area contributed by atoms with Gasteiger partial charge in [0.15, 0.2) is 5.17 Å². The highest BCUT2D eigenvalue weighted by atomic mass is 32.2. The van der Waals surface area contributed by atoms with E-state index in [1.807, 2.05) is 32.0 Å². The van der Waals surface area contributed by atoms with Gasteiger partial charge >= 0.3 is 0 Å². The van der Waals surface area contributed by atoms with E-state index in [0.29, 0.717) is 10.7 Å². The Morgan fingerprint density at radius 2 is 2.07 bits per heavy atom. The van der Waals surface area contributed by atoms with Crippen LogP contribution < -0.4 is 10.6 Å². The van der Waals surface area contributed by atoms with Gasteiger partial charge in [0.25, 0.3) is 0 Å². The van der Waals surface area contributed by atoms with Crippen LogP contribution in [0.1, 0.15) is 23.1 Å². The number of carbonyl (C=O) groups excluding carboxylic acids is 2. The lowest BCUT2D eigenvalue weighted by Gasteiger charge is -2.11. The molecule has 0 unspecified atom stereocenters. The molecule has 2 amide bonds. The molecule has 7 nitrogen and oxygen atoms in total. The number of thioether (sulfide) groups is 1. The van der Waals surface area contributed by atoms with Gasteiger partial charge in [-0.15, -0.1) is 5.10 Å². The highest BCUT2D eigenvalue weighted by Gasteiger charge is 2.32. The number of aryl methyl sites for hydroxylation is 1. The van der Waals surface area contributed by atoms with Gasteiger partial charge in [-0.25, -0.2) is 0 Å². The number of hydrogen-bond acceptors (Lipinski definition) is 6. The van der Waals surface area contributed by atoms with Gasteiger partial charge in [0.2, 0.25) is 11.8 Å². The molecule has 1 saturated heterocycles. The van der Waals surface area contributed by atoms with Gasteiger partial charge in [0.1, 0.15) is 11.0 Å². The van der Waals surface area contributed by atoms with Crippen LogP contribution in [0, 0.1) is 13.8 Å². The molecular weight excluding hydrogens is 376 g/mol. The smallest absolute Gasteiger partial charge is 0.240 e. The van der Waals surface area contributed by atoms with Crippen molar-refractivity contribution in [1.29, 1.82) is 0 Å². The zero-order valence-electron chi connectivity index (χ0n) is 15.5. The second kappa shape index (κ2) is 8.71. The first-order valence-corrected chi connectivity index (χ1v) is 9.54. The van der Waals surface area contributed by atoms with Crippen LogP contribution in [0.3, 0.4) is 0 Å². The number of nitrogens with zero attached hydrogens (tertiary/aromatic N) is 2. The summed E-state index contributed by atoms with van der Waals surface area (Å²) in [6.07, 6.45) is 1.51. The summed E-state index contributed by atoms with van der Waals surface area (Å²) in [4.78, 5) is 24.4. The molecule has 3 N–H and O–H groups in total. The van der Waals surface area contributed by atoms with Crippen molar-refractivity contribution in [1.82, 2.24) is 5.32 Å². The van der Waals surface area contributed by atoms with E-state index in [1.54, 1.807) is 24.3 Å². The number of aromatic hydroxyl groups is 1. The third kappa shape index (κ3) is 4.98. The number of rotatable bonds is 5. The molecule has 1 aliphatic heterocycles. The average Bonchev–Trinajstić information content (AvgIpc) is 2.98. The van der Waals surface area contributed by atoms with Crippen LogP contribution in [0.25, 0.3) is 0 Å². The van der Waals surface area contributed by atoms with E-state index in [1.165, 1.54) is 18.0 Å². The Bertz CT molecular complexity index is 972. The van der Waals surface area contributed by atoms with E-state index in [0.717, 1.165) is 16.8 Å². The minimum absolute atomic E-state index is 0.0408. The Morgan fingerprint density at radius 1 is 1.29 bits per heavy atom. The summed E-state index contributed by atoms with van der Waals surface area (Å²) in [6, 6.07) is 12.3. The Morgan fingerprint density at radius 3 is 2.86 bits per heavy atom. The molecule has 0 aliphatic carbocycles. The van der Waals surface area contributed by atoms with Gasteiger partial charge in [0.05, 0.1) is 6.21 Å². The lowest BCUT2D eigenvalue weighted by molar-refractivity contribution is -0.122. The number of carbonyl (C=O) groups is 2. The predicted molar refractivity (Wildman–Crippen MR) is 112 cm³/mol. The van der Waals surface area contributed by atoms with Gasteiger partial charge in [-0.1, -0.05) is 36.0 Å². The van der Waals surface area contributed by atoms with Gasteiger partial charge in [-0.2, -0.15) is 5.10 Å². The topological polar surface area (TPSA) is 103 Å². The van der Waals surface area contributed by atoms with E-state index in [2.05, 4.69) is 20.8 Å². The van der Waals surface area contributed by atoms with E-state index in [-0.39, 0.29) is 24.0 Å². The molecule has 0 saturated carbocycles. The number of amides is 2. The lowest BCUT2D eigenvalue weighted by Crippen LogP contribution is -2.28. The monoisotopic (exact) mass is 396 g/mol. The third-order valence-electron chi connectivity index (χ3n) is 4.25. The van der Waals surface area contributed by atoms with Crippen LogP contribution in [0.2, 0.25) is 0 Å². The summed E-state index contributed by atoms with van der Waals surface area (Å²) in [5, 5.41) is 22.6. The first-order valence-electron chi connectivity index (χ1n) is 8.66. The van der Waals surface area contributed by atoms with Crippen LogP contribution in [0.4, 0.5) is 5.69 Å². The van der Waals surface area contributed by atoms with E-state index >= 15 is 0 Å².